The van der Waals surface area contributed by atoms with E-state index in [1.54, 1.807) is 0 Å². The first-order chi connectivity index (χ1) is 13.2. The zero-order chi connectivity index (χ0) is 20.7. The summed E-state index contributed by atoms with van der Waals surface area (Å²) in [6.45, 7) is 6.51. The lowest BCUT2D eigenvalue weighted by atomic mass is 9.93. The maximum atomic E-state index is 9.08. The molecule has 0 aliphatic heterocycles. The van der Waals surface area contributed by atoms with Gasteiger partial charge in [-0.2, -0.15) is 0 Å². The molecule has 0 bridgehead atoms. The van der Waals surface area contributed by atoms with E-state index in [0.29, 0.717) is 6.26 Å². The first kappa shape index (κ1) is 21.6. The summed E-state index contributed by atoms with van der Waals surface area (Å²) in [4.78, 5) is 0. The van der Waals surface area contributed by atoms with Gasteiger partial charge in [0.2, 0.25) is 0 Å². The predicted molar refractivity (Wildman–Crippen MR) is 118 cm³/mol. The molecule has 0 saturated carbocycles. The van der Waals surface area contributed by atoms with Gasteiger partial charge in [-0.25, -0.2) is 8.42 Å². The van der Waals surface area contributed by atoms with Crippen LogP contribution in [0.5, 0.6) is 0 Å². The molecular formula is C24H25O3S-. The molecule has 0 aliphatic carbocycles. The van der Waals surface area contributed by atoms with E-state index in [1.807, 2.05) is 18.2 Å². The molecule has 0 radical (unpaired) electrons. The van der Waals surface area contributed by atoms with Crippen LogP contribution >= 0.6 is 0 Å². The van der Waals surface area contributed by atoms with Crippen LogP contribution in [-0.2, 0) is 10.1 Å². The molecule has 28 heavy (non-hydrogen) atoms. The molecule has 4 heteroatoms. The highest BCUT2D eigenvalue weighted by molar-refractivity contribution is 7.84. The van der Waals surface area contributed by atoms with E-state index in [-0.39, 0.29) is 0 Å². The second kappa shape index (κ2) is 9.49. The standard InChI is InChI=1S/C16H14.C7H8.CH4O3S/c1-11-13-7-3-5-9-15(13)12(2)16-10-6-4-8-14(11)16;1-7-5-3-2-4-6-7;1-5(2,3)4/h3-10H,1-2H3;2-6H,1H3;1H3,(H,2,3,4)/p-1. The largest absolute Gasteiger partial charge is 0.748 e. The van der Waals surface area contributed by atoms with Gasteiger partial charge in [0.05, 0.1) is 10.1 Å². The summed E-state index contributed by atoms with van der Waals surface area (Å²) in [5, 5.41) is 5.50. The van der Waals surface area contributed by atoms with Crippen LogP contribution in [0.15, 0.2) is 78.9 Å². The van der Waals surface area contributed by atoms with Gasteiger partial charge in [0.1, 0.15) is 0 Å². The Kier molecular flexibility index (Phi) is 7.32. The summed E-state index contributed by atoms with van der Waals surface area (Å²) in [5.74, 6) is 0. The molecule has 0 amide bonds. The summed E-state index contributed by atoms with van der Waals surface area (Å²) < 4.78 is 27.2. The van der Waals surface area contributed by atoms with Crippen molar-refractivity contribution < 1.29 is 13.0 Å². The molecule has 0 saturated heterocycles. The Morgan fingerprint density at radius 1 is 0.571 bits per heavy atom. The number of hydrogen-bond donors (Lipinski definition) is 0. The van der Waals surface area contributed by atoms with Crippen LogP contribution in [0.25, 0.3) is 21.5 Å². The van der Waals surface area contributed by atoms with Crippen LogP contribution < -0.4 is 0 Å². The molecule has 0 atom stereocenters. The van der Waals surface area contributed by atoms with Crippen LogP contribution in [0.2, 0.25) is 0 Å². The van der Waals surface area contributed by atoms with E-state index in [1.165, 1.54) is 38.2 Å². The molecule has 146 valence electrons. The third kappa shape index (κ3) is 6.19. The SMILES string of the molecule is CS(=O)(=O)[O-].Cc1c2ccccc2c(C)c2ccccc12.Cc1ccccc1. The quantitative estimate of drug-likeness (QED) is 0.282. The van der Waals surface area contributed by atoms with Crippen molar-refractivity contribution in [2.45, 2.75) is 20.8 Å². The van der Waals surface area contributed by atoms with E-state index < -0.39 is 10.1 Å². The third-order valence-electron chi connectivity index (χ3n) is 4.41. The maximum absolute atomic E-state index is 9.08. The molecule has 0 fully saturated rings. The Labute approximate surface area is 167 Å². The monoisotopic (exact) mass is 393 g/mol. The fourth-order valence-corrected chi connectivity index (χ4v) is 3.10. The van der Waals surface area contributed by atoms with Crippen molar-refractivity contribution in [3.05, 3.63) is 95.6 Å². The minimum Gasteiger partial charge on any atom is -0.748 e. The van der Waals surface area contributed by atoms with Gasteiger partial charge in [0.15, 0.2) is 0 Å². The van der Waals surface area contributed by atoms with E-state index in [9.17, 15) is 0 Å². The predicted octanol–water partition coefficient (Wildman–Crippen LogP) is 5.77. The van der Waals surface area contributed by atoms with Crippen molar-refractivity contribution in [2.75, 3.05) is 6.26 Å². The fourth-order valence-electron chi connectivity index (χ4n) is 3.10. The average Bonchev–Trinajstić information content (AvgIpc) is 2.66. The molecule has 0 N–H and O–H groups in total. The minimum atomic E-state index is -3.92. The Morgan fingerprint density at radius 2 is 0.821 bits per heavy atom. The van der Waals surface area contributed by atoms with Crippen LogP contribution in [0.1, 0.15) is 16.7 Å². The van der Waals surface area contributed by atoms with Crippen molar-refractivity contribution in [3.8, 4) is 0 Å². The van der Waals surface area contributed by atoms with Gasteiger partial charge in [-0.15, -0.1) is 0 Å². The molecule has 0 aromatic heterocycles. The van der Waals surface area contributed by atoms with Gasteiger partial charge in [-0.05, 0) is 53.4 Å². The van der Waals surface area contributed by atoms with E-state index in [0.717, 1.165) is 0 Å². The summed E-state index contributed by atoms with van der Waals surface area (Å²) in [6.07, 6.45) is 0.604. The van der Waals surface area contributed by atoms with Crippen LogP contribution in [0.3, 0.4) is 0 Å². The molecule has 4 aromatic carbocycles. The molecule has 0 heterocycles. The zero-order valence-electron chi connectivity index (χ0n) is 16.6. The van der Waals surface area contributed by atoms with E-state index >= 15 is 0 Å². The van der Waals surface area contributed by atoms with E-state index in [2.05, 4.69) is 81.4 Å². The molecule has 0 unspecified atom stereocenters. The highest BCUT2D eigenvalue weighted by Gasteiger charge is 2.06. The van der Waals surface area contributed by atoms with E-state index in [4.69, 9.17) is 13.0 Å². The van der Waals surface area contributed by atoms with Crippen molar-refractivity contribution in [1.82, 2.24) is 0 Å². The third-order valence-corrected chi connectivity index (χ3v) is 4.41. The molecule has 0 spiro atoms. The van der Waals surface area contributed by atoms with Gasteiger partial charge in [0.25, 0.3) is 0 Å². The Morgan fingerprint density at radius 3 is 1.04 bits per heavy atom. The fraction of sp³-hybridized carbons (Fsp3) is 0.167. The molecule has 4 rings (SSSR count). The van der Waals surface area contributed by atoms with Crippen molar-refractivity contribution in [1.29, 1.82) is 0 Å². The van der Waals surface area contributed by atoms with Crippen molar-refractivity contribution in [3.63, 3.8) is 0 Å². The zero-order valence-corrected chi connectivity index (χ0v) is 17.5. The summed E-state index contributed by atoms with van der Waals surface area (Å²) >= 11 is 0. The summed E-state index contributed by atoms with van der Waals surface area (Å²) in [7, 11) is -3.92. The Hall–Kier alpha value is -2.69. The smallest absolute Gasteiger partial charge is 0.0916 e. The highest BCUT2D eigenvalue weighted by atomic mass is 32.2. The normalized spacial score (nSPS) is 10.6. The molecule has 0 aliphatic rings. The second-order valence-corrected chi connectivity index (χ2v) is 8.11. The van der Waals surface area contributed by atoms with Gasteiger partial charge in [0, 0.05) is 6.26 Å². The van der Waals surface area contributed by atoms with Crippen LogP contribution in [0, 0.1) is 20.8 Å². The van der Waals surface area contributed by atoms with Crippen LogP contribution in [-0.4, -0.2) is 19.2 Å². The van der Waals surface area contributed by atoms with Gasteiger partial charge < -0.3 is 4.55 Å². The number of aryl methyl sites for hydroxylation is 3. The average molecular weight is 394 g/mol. The van der Waals surface area contributed by atoms with Crippen molar-refractivity contribution in [2.24, 2.45) is 0 Å². The number of hydrogen-bond acceptors (Lipinski definition) is 3. The topological polar surface area (TPSA) is 57.2 Å². The summed E-state index contributed by atoms with van der Waals surface area (Å²) in [5.41, 5.74) is 4.09. The number of fused-ring (bicyclic) bond motifs is 2. The number of rotatable bonds is 0. The lowest BCUT2D eigenvalue weighted by Gasteiger charge is -2.11. The Bertz CT molecular complexity index is 1040. The summed E-state index contributed by atoms with van der Waals surface area (Å²) in [6, 6.07) is 27.6. The molecule has 4 aromatic rings. The van der Waals surface area contributed by atoms with Gasteiger partial charge >= 0.3 is 0 Å². The lowest BCUT2D eigenvalue weighted by Crippen LogP contribution is -1.88. The molecule has 3 nitrogen and oxygen atoms in total. The first-order valence-corrected chi connectivity index (χ1v) is 10.8. The molecular weight excluding hydrogens is 368 g/mol. The lowest BCUT2D eigenvalue weighted by molar-refractivity contribution is 0.470. The highest BCUT2D eigenvalue weighted by Crippen LogP contribution is 2.31. The first-order valence-electron chi connectivity index (χ1n) is 8.97. The van der Waals surface area contributed by atoms with Crippen LogP contribution in [0.4, 0.5) is 0 Å². The second-order valence-electron chi connectivity index (χ2n) is 6.70. The number of benzene rings is 4. The van der Waals surface area contributed by atoms with Gasteiger partial charge in [-0.3, -0.25) is 0 Å². The Balaban J connectivity index is 0.000000194. The minimum absolute atomic E-state index is 0.604. The van der Waals surface area contributed by atoms with Gasteiger partial charge in [-0.1, -0.05) is 84.4 Å². The maximum Gasteiger partial charge on any atom is 0.0916 e. The van der Waals surface area contributed by atoms with Crippen molar-refractivity contribution >= 4 is 31.7 Å².